The number of carbonyl (C=O) groups is 2. The first-order chi connectivity index (χ1) is 26.2. The monoisotopic (exact) mass is 776 g/mol. The Balaban J connectivity index is 1.10. The summed E-state index contributed by atoms with van der Waals surface area (Å²) in [6, 6.07) is 20.5. The molecule has 6 rings (SSSR count). The van der Waals surface area contributed by atoms with Gasteiger partial charge >= 0.3 is 0 Å². The topological polar surface area (TPSA) is 109 Å². The fraction of sp³-hybridized carbons (Fsp3) is 0.390. The SMILES string of the molecule is COc1cc(C(=O)N(C)CC(CCN2CCC(C(=O)c3nc4ccccc4n3CCOCc3ccco3)CC2)c2ccc(Cl)c(Cl)c2)cc(OC)c1OC. The molecule has 11 nitrogen and oxygen atoms in total. The van der Waals surface area contributed by atoms with Crippen LogP contribution in [0, 0.1) is 5.92 Å². The quantitative estimate of drug-likeness (QED) is 0.0686. The first kappa shape index (κ1) is 39.2. The number of imidazole rings is 1. The molecule has 1 saturated heterocycles. The second-order valence-electron chi connectivity index (χ2n) is 13.4. The Kier molecular flexibility index (Phi) is 13.2. The van der Waals surface area contributed by atoms with Gasteiger partial charge < -0.3 is 37.7 Å². The van der Waals surface area contributed by atoms with Crippen molar-refractivity contribution in [3.8, 4) is 17.2 Å². The predicted molar refractivity (Wildman–Crippen MR) is 208 cm³/mol. The summed E-state index contributed by atoms with van der Waals surface area (Å²) in [5, 5.41) is 0.940. The molecule has 0 bridgehead atoms. The van der Waals surface area contributed by atoms with Crippen molar-refractivity contribution in [3.63, 3.8) is 0 Å². The summed E-state index contributed by atoms with van der Waals surface area (Å²) in [6.45, 7) is 4.06. The van der Waals surface area contributed by atoms with Crippen LogP contribution in [0.1, 0.15) is 57.5 Å². The van der Waals surface area contributed by atoms with Gasteiger partial charge in [0.05, 0.1) is 55.3 Å². The van der Waals surface area contributed by atoms with E-state index in [1.165, 1.54) is 21.3 Å². The van der Waals surface area contributed by atoms with Crippen LogP contribution < -0.4 is 14.2 Å². The maximum atomic E-state index is 14.0. The minimum atomic E-state index is -0.186. The van der Waals surface area contributed by atoms with Crippen LogP contribution in [-0.2, 0) is 17.9 Å². The number of halogens is 2. The van der Waals surface area contributed by atoms with Gasteiger partial charge in [0.25, 0.3) is 5.91 Å². The summed E-state index contributed by atoms with van der Waals surface area (Å²) in [5.41, 5.74) is 3.13. The van der Waals surface area contributed by atoms with Crippen molar-refractivity contribution in [2.75, 3.05) is 61.2 Å². The zero-order valence-corrected chi connectivity index (χ0v) is 32.6. The highest BCUT2D eigenvalue weighted by Crippen LogP contribution is 2.39. The van der Waals surface area contributed by atoms with E-state index in [2.05, 4.69) is 4.90 Å². The van der Waals surface area contributed by atoms with Gasteiger partial charge in [0.15, 0.2) is 17.3 Å². The zero-order chi connectivity index (χ0) is 38.2. The first-order valence-corrected chi connectivity index (χ1v) is 18.8. The molecule has 1 atom stereocenters. The van der Waals surface area contributed by atoms with Crippen molar-refractivity contribution in [1.29, 1.82) is 0 Å². The van der Waals surface area contributed by atoms with Crippen LogP contribution in [0.4, 0.5) is 0 Å². The number of rotatable bonds is 17. The molecule has 0 spiro atoms. The van der Waals surface area contributed by atoms with Crippen molar-refractivity contribution >= 4 is 45.9 Å². The Hall–Kier alpha value is -4.55. The van der Waals surface area contributed by atoms with Gasteiger partial charge in [0.2, 0.25) is 11.5 Å². The summed E-state index contributed by atoms with van der Waals surface area (Å²) in [6.07, 6.45) is 3.85. The summed E-state index contributed by atoms with van der Waals surface area (Å²) in [7, 11) is 6.35. The summed E-state index contributed by atoms with van der Waals surface area (Å²) in [5.74, 6) is 2.19. The van der Waals surface area contributed by atoms with Crippen molar-refractivity contribution in [1.82, 2.24) is 19.4 Å². The Labute approximate surface area is 325 Å². The molecule has 0 N–H and O–H groups in total. The number of hydrogen-bond acceptors (Lipinski definition) is 9. The van der Waals surface area contributed by atoms with E-state index < -0.39 is 0 Å². The van der Waals surface area contributed by atoms with Gasteiger partial charge in [0, 0.05) is 37.5 Å². The fourth-order valence-corrected chi connectivity index (χ4v) is 7.43. The number of furan rings is 1. The smallest absolute Gasteiger partial charge is 0.253 e. The number of likely N-dealkylation sites (tertiary alicyclic amines) is 1. The number of Topliss-reactive ketones (excluding diaryl/α,β-unsaturated/α-hetero) is 1. The van der Waals surface area contributed by atoms with E-state index in [0.717, 1.165) is 61.3 Å². The van der Waals surface area contributed by atoms with Gasteiger partial charge in [-0.15, -0.1) is 0 Å². The molecule has 3 aromatic carbocycles. The molecule has 3 heterocycles. The van der Waals surface area contributed by atoms with E-state index in [-0.39, 0.29) is 23.5 Å². The van der Waals surface area contributed by atoms with Crippen LogP contribution in [0.15, 0.2) is 77.4 Å². The molecule has 1 aliphatic rings. The Bertz CT molecular complexity index is 2020. The molecule has 0 aliphatic carbocycles. The highest BCUT2D eigenvalue weighted by atomic mass is 35.5. The number of nitrogens with zero attached hydrogens (tertiary/aromatic N) is 4. The molecule has 1 unspecified atom stereocenters. The van der Waals surface area contributed by atoms with E-state index >= 15 is 0 Å². The third-order valence-electron chi connectivity index (χ3n) is 10.1. The third-order valence-corrected chi connectivity index (χ3v) is 10.8. The third kappa shape index (κ3) is 9.03. The predicted octanol–water partition coefficient (Wildman–Crippen LogP) is 8.02. The van der Waals surface area contributed by atoms with Gasteiger partial charge in [-0.2, -0.15) is 0 Å². The Morgan fingerprint density at radius 3 is 2.33 bits per heavy atom. The standard InChI is InChI=1S/C41H46Cl2N4O7/c1-45(41(49)30-23-36(50-2)39(52-4)37(24-30)51-3)25-29(28-11-12-32(42)33(43)22-28)15-18-46-16-13-27(14-17-46)38(48)40-44-34-9-5-6-10-35(34)47(40)19-21-53-26-31-8-7-20-54-31/h5-12,20,22-24,27,29H,13-19,21,25-26H2,1-4H3. The van der Waals surface area contributed by atoms with E-state index in [4.69, 9.17) is 51.6 Å². The molecule has 5 aromatic rings. The lowest BCUT2D eigenvalue weighted by Crippen LogP contribution is -2.39. The van der Waals surface area contributed by atoms with E-state index in [0.29, 0.717) is 65.0 Å². The minimum Gasteiger partial charge on any atom is -0.493 e. The number of para-hydroxylation sites is 2. The molecule has 2 aromatic heterocycles. The maximum absolute atomic E-state index is 14.0. The van der Waals surface area contributed by atoms with Crippen molar-refractivity contribution in [2.24, 2.45) is 5.92 Å². The van der Waals surface area contributed by atoms with Crippen molar-refractivity contribution in [2.45, 2.75) is 38.3 Å². The van der Waals surface area contributed by atoms with Crippen LogP contribution in [0.2, 0.25) is 10.0 Å². The molecular formula is C41H46Cl2N4O7. The normalized spacial score (nSPS) is 14.3. The lowest BCUT2D eigenvalue weighted by Gasteiger charge is -2.33. The van der Waals surface area contributed by atoms with Crippen LogP contribution >= 0.6 is 23.2 Å². The van der Waals surface area contributed by atoms with Crippen LogP contribution in [0.3, 0.4) is 0 Å². The van der Waals surface area contributed by atoms with Gasteiger partial charge in [-0.3, -0.25) is 9.59 Å². The molecule has 1 aliphatic heterocycles. The number of aromatic nitrogens is 2. The second kappa shape index (κ2) is 18.2. The van der Waals surface area contributed by atoms with E-state index in [1.807, 2.05) is 53.1 Å². The largest absolute Gasteiger partial charge is 0.493 e. The highest BCUT2D eigenvalue weighted by Gasteiger charge is 2.30. The number of hydrogen-bond donors (Lipinski definition) is 0. The molecule has 0 radical (unpaired) electrons. The number of carbonyl (C=O) groups excluding carboxylic acids is 2. The molecule has 13 heteroatoms. The van der Waals surface area contributed by atoms with Gasteiger partial charge in [-0.05, 0) is 93.0 Å². The van der Waals surface area contributed by atoms with Gasteiger partial charge in [-0.25, -0.2) is 4.98 Å². The summed E-state index contributed by atoms with van der Waals surface area (Å²) in [4.78, 5) is 36.6. The maximum Gasteiger partial charge on any atom is 0.253 e. The average molecular weight is 778 g/mol. The minimum absolute atomic E-state index is 0.0370. The fourth-order valence-electron chi connectivity index (χ4n) is 7.12. The first-order valence-electron chi connectivity index (χ1n) is 18.0. The number of methoxy groups -OCH3 is 3. The lowest BCUT2D eigenvalue weighted by molar-refractivity contribution is 0.0778. The Morgan fingerprint density at radius 2 is 1.67 bits per heavy atom. The molecule has 1 amide bonds. The van der Waals surface area contributed by atoms with Gasteiger partial charge in [0.1, 0.15) is 12.4 Å². The molecule has 1 fully saturated rings. The van der Waals surface area contributed by atoms with Crippen molar-refractivity contribution in [3.05, 3.63) is 106 Å². The Morgan fingerprint density at radius 1 is 0.926 bits per heavy atom. The van der Waals surface area contributed by atoms with Crippen molar-refractivity contribution < 1.29 is 33.0 Å². The molecule has 54 heavy (non-hydrogen) atoms. The molecular weight excluding hydrogens is 731 g/mol. The van der Waals surface area contributed by atoms with Crippen LogP contribution in [-0.4, -0.2) is 92.2 Å². The van der Waals surface area contributed by atoms with E-state index in [1.54, 1.807) is 36.4 Å². The number of amides is 1. The van der Waals surface area contributed by atoms with Gasteiger partial charge in [-0.1, -0.05) is 41.4 Å². The number of fused-ring (bicyclic) bond motifs is 1. The average Bonchev–Trinajstić information content (AvgIpc) is 3.86. The zero-order valence-electron chi connectivity index (χ0n) is 31.1. The van der Waals surface area contributed by atoms with E-state index in [9.17, 15) is 9.59 Å². The number of ether oxygens (including phenoxy) is 4. The number of likely N-dealkylation sites (N-methyl/N-ethyl adjacent to an activating group) is 1. The summed E-state index contributed by atoms with van der Waals surface area (Å²) < 4.78 is 29.6. The highest BCUT2D eigenvalue weighted by molar-refractivity contribution is 6.42. The summed E-state index contributed by atoms with van der Waals surface area (Å²) >= 11 is 12.8. The number of piperidine rings is 1. The van der Waals surface area contributed by atoms with Crippen LogP contribution in [0.5, 0.6) is 17.2 Å². The number of benzene rings is 3. The second-order valence-corrected chi connectivity index (χ2v) is 14.3. The molecule has 0 saturated carbocycles. The van der Waals surface area contributed by atoms with Crippen LogP contribution in [0.25, 0.3) is 11.0 Å². The molecule has 286 valence electrons. The number of ketones is 1. The lowest BCUT2D eigenvalue weighted by atomic mass is 9.90.